The quantitative estimate of drug-likeness (QED) is 0.794. The second-order valence-corrected chi connectivity index (χ2v) is 5.84. The Bertz CT molecular complexity index is 413. The van der Waals surface area contributed by atoms with Crippen molar-refractivity contribution in [1.82, 2.24) is 10.2 Å². The number of nitrogens with zero attached hydrogens (tertiary/aromatic N) is 1. The zero-order valence-corrected chi connectivity index (χ0v) is 11.9. The number of nitrogens with one attached hydrogen (secondary N) is 1. The Kier molecular flexibility index (Phi) is 4.30. The summed E-state index contributed by atoms with van der Waals surface area (Å²) in [5, 5.41) is 12.1. The van der Waals surface area contributed by atoms with Gasteiger partial charge in [-0.25, -0.2) is 0 Å². The van der Waals surface area contributed by atoms with Crippen LogP contribution in [0.3, 0.4) is 0 Å². The van der Waals surface area contributed by atoms with E-state index in [1.165, 1.54) is 0 Å². The maximum absolute atomic E-state index is 12.5. The number of aliphatic carboxylic acids is 1. The summed E-state index contributed by atoms with van der Waals surface area (Å²) in [6.07, 6.45) is 2.83. The molecule has 6 nitrogen and oxygen atoms in total. The summed E-state index contributed by atoms with van der Waals surface area (Å²) in [6, 6.07) is 0. The average Bonchev–Trinajstić information content (AvgIpc) is 2.47. The summed E-state index contributed by atoms with van der Waals surface area (Å²) in [5.74, 6) is -1.03. The fraction of sp³-hybridized carbons (Fsp3) is 0.786. The lowest BCUT2D eigenvalue weighted by atomic mass is 9.77. The summed E-state index contributed by atoms with van der Waals surface area (Å²) in [7, 11) is 0. The normalized spacial score (nSPS) is 30.8. The van der Waals surface area contributed by atoms with E-state index in [-0.39, 0.29) is 17.7 Å². The average molecular weight is 282 g/mol. The molecule has 0 aliphatic carbocycles. The van der Waals surface area contributed by atoms with E-state index in [0.29, 0.717) is 45.3 Å². The first kappa shape index (κ1) is 14.8. The third kappa shape index (κ3) is 2.78. The van der Waals surface area contributed by atoms with Gasteiger partial charge in [0.15, 0.2) is 0 Å². The van der Waals surface area contributed by atoms with Crippen LogP contribution in [0.2, 0.25) is 0 Å². The van der Waals surface area contributed by atoms with Gasteiger partial charge in [0.05, 0.1) is 11.3 Å². The predicted octanol–water partition coefficient (Wildman–Crippen LogP) is 0.616. The molecule has 2 aliphatic heterocycles. The molecule has 2 N–H and O–H groups in total. The zero-order chi connectivity index (χ0) is 14.8. The van der Waals surface area contributed by atoms with Gasteiger partial charge in [-0.2, -0.15) is 0 Å². The minimum Gasteiger partial charge on any atom is -0.481 e. The molecule has 2 heterocycles. The maximum atomic E-state index is 12.5. The van der Waals surface area contributed by atoms with Gasteiger partial charge in [-0.15, -0.1) is 0 Å². The first-order valence-corrected chi connectivity index (χ1v) is 7.27. The molecular formula is C14H22N2O4. The SMILES string of the molecule is CCC1(C(=O)O)CCCN(C(=O)C2CCC(=O)NC2)C1. The van der Waals surface area contributed by atoms with Crippen molar-refractivity contribution in [3.05, 3.63) is 0 Å². The Morgan fingerprint density at radius 2 is 2.25 bits per heavy atom. The molecule has 0 radical (unpaired) electrons. The van der Waals surface area contributed by atoms with Gasteiger partial charge in [-0.1, -0.05) is 6.92 Å². The van der Waals surface area contributed by atoms with Crippen LogP contribution in [0.15, 0.2) is 0 Å². The number of carboxylic acid groups (broad SMARTS) is 1. The monoisotopic (exact) mass is 282 g/mol. The van der Waals surface area contributed by atoms with Crippen molar-refractivity contribution in [2.45, 2.75) is 39.0 Å². The van der Waals surface area contributed by atoms with Gasteiger partial charge in [0.1, 0.15) is 0 Å². The third-order valence-electron chi connectivity index (χ3n) is 4.63. The summed E-state index contributed by atoms with van der Waals surface area (Å²) in [5.41, 5.74) is -0.800. The number of hydrogen-bond donors (Lipinski definition) is 2. The van der Waals surface area contributed by atoms with E-state index in [1.807, 2.05) is 6.92 Å². The highest BCUT2D eigenvalue weighted by atomic mass is 16.4. The zero-order valence-electron chi connectivity index (χ0n) is 11.9. The molecule has 0 saturated carbocycles. The first-order valence-electron chi connectivity index (χ1n) is 7.27. The van der Waals surface area contributed by atoms with Gasteiger partial charge < -0.3 is 15.3 Å². The molecule has 112 valence electrons. The lowest BCUT2D eigenvalue weighted by Gasteiger charge is -2.41. The summed E-state index contributed by atoms with van der Waals surface area (Å²) >= 11 is 0. The van der Waals surface area contributed by atoms with E-state index >= 15 is 0 Å². The highest BCUT2D eigenvalue weighted by molar-refractivity contribution is 5.84. The van der Waals surface area contributed by atoms with Crippen LogP contribution in [0.5, 0.6) is 0 Å². The van der Waals surface area contributed by atoms with Crippen molar-refractivity contribution in [2.24, 2.45) is 11.3 Å². The molecule has 20 heavy (non-hydrogen) atoms. The molecule has 0 aromatic heterocycles. The topological polar surface area (TPSA) is 86.7 Å². The molecule has 2 aliphatic rings. The molecular weight excluding hydrogens is 260 g/mol. The van der Waals surface area contributed by atoms with E-state index in [9.17, 15) is 19.5 Å². The predicted molar refractivity (Wildman–Crippen MR) is 71.9 cm³/mol. The highest BCUT2D eigenvalue weighted by Crippen LogP contribution is 2.34. The van der Waals surface area contributed by atoms with Gasteiger partial charge in [-0.3, -0.25) is 14.4 Å². The molecule has 0 aromatic carbocycles. The lowest BCUT2D eigenvalue weighted by Crippen LogP contribution is -2.53. The number of carboxylic acids is 1. The molecule has 0 aromatic rings. The van der Waals surface area contributed by atoms with E-state index in [1.54, 1.807) is 4.90 Å². The number of carbonyl (C=O) groups excluding carboxylic acids is 2. The van der Waals surface area contributed by atoms with Crippen LogP contribution in [-0.2, 0) is 14.4 Å². The number of rotatable bonds is 3. The third-order valence-corrected chi connectivity index (χ3v) is 4.63. The molecule has 2 saturated heterocycles. The van der Waals surface area contributed by atoms with Crippen LogP contribution in [0.1, 0.15) is 39.0 Å². The molecule has 0 bridgehead atoms. The van der Waals surface area contributed by atoms with Crippen LogP contribution >= 0.6 is 0 Å². The molecule has 2 rings (SSSR count). The van der Waals surface area contributed by atoms with E-state index < -0.39 is 11.4 Å². The van der Waals surface area contributed by atoms with Crippen LogP contribution in [-0.4, -0.2) is 47.4 Å². The maximum Gasteiger partial charge on any atom is 0.311 e. The van der Waals surface area contributed by atoms with Crippen molar-refractivity contribution in [3.8, 4) is 0 Å². The van der Waals surface area contributed by atoms with Crippen LogP contribution in [0, 0.1) is 11.3 Å². The van der Waals surface area contributed by atoms with Crippen molar-refractivity contribution in [2.75, 3.05) is 19.6 Å². The minimum absolute atomic E-state index is 0.0104. The fourth-order valence-corrected chi connectivity index (χ4v) is 3.14. The molecule has 6 heteroatoms. The van der Waals surface area contributed by atoms with Crippen molar-refractivity contribution < 1.29 is 19.5 Å². The van der Waals surface area contributed by atoms with Crippen molar-refractivity contribution >= 4 is 17.8 Å². The van der Waals surface area contributed by atoms with E-state index in [0.717, 1.165) is 6.42 Å². The lowest BCUT2D eigenvalue weighted by molar-refractivity contribution is -0.156. The van der Waals surface area contributed by atoms with E-state index in [4.69, 9.17) is 0 Å². The minimum atomic E-state index is -0.811. The van der Waals surface area contributed by atoms with Gasteiger partial charge in [-0.05, 0) is 25.7 Å². The van der Waals surface area contributed by atoms with Crippen molar-refractivity contribution in [3.63, 3.8) is 0 Å². The van der Waals surface area contributed by atoms with Gasteiger partial charge in [0, 0.05) is 26.1 Å². The number of piperidine rings is 2. The van der Waals surface area contributed by atoms with E-state index in [2.05, 4.69) is 5.32 Å². The van der Waals surface area contributed by atoms with Gasteiger partial charge >= 0.3 is 5.97 Å². The Balaban J connectivity index is 2.03. The molecule has 2 amide bonds. The Morgan fingerprint density at radius 3 is 2.80 bits per heavy atom. The Hall–Kier alpha value is -1.59. The molecule has 2 fully saturated rings. The summed E-state index contributed by atoms with van der Waals surface area (Å²) < 4.78 is 0. The molecule has 0 spiro atoms. The summed E-state index contributed by atoms with van der Waals surface area (Å²) in [6.45, 7) is 3.16. The van der Waals surface area contributed by atoms with Gasteiger partial charge in [0.25, 0.3) is 0 Å². The van der Waals surface area contributed by atoms with Crippen LogP contribution < -0.4 is 5.32 Å². The summed E-state index contributed by atoms with van der Waals surface area (Å²) in [4.78, 5) is 36.8. The smallest absolute Gasteiger partial charge is 0.311 e. The second-order valence-electron chi connectivity index (χ2n) is 5.84. The first-order chi connectivity index (χ1) is 9.48. The van der Waals surface area contributed by atoms with Crippen LogP contribution in [0.25, 0.3) is 0 Å². The molecule has 2 atom stereocenters. The van der Waals surface area contributed by atoms with Gasteiger partial charge in [0.2, 0.25) is 11.8 Å². The standard InChI is InChI=1S/C14H22N2O4/c1-2-14(13(19)20)6-3-7-16(9-14)12(18)10-4-5-11(17)15-8-10/h10H,2-9H2,1H3,(H,15,17)(H,19,20). The molecule has 2 unspecified atom stereocenters. The number of carbonyl (C=O) groups is 3. The Labute approximate surface area is 118 Å². The highest BCUT2D eigenvalue weighted by Gasteiger charge is 2.43. The van der Waals surface area contributed by atoms with Crippen LogP contribution in [0.4, 0.5) is 0 Å². The second kappa shape index (κ2) is 5.81. The van der Waals surface area contributed by atoms with Crippen molar-refractivity contribution in [1.29, 1.82) is 0 Å². The Morgan fingerprint density at radius 1 is 1.50 bits per heavy atom. The number of likely N-dealkylation sites (tertiary alicyclic amines) is 1. The number of amides is 2. The number of hydrogen-bond acceptors (Lipinski definition) is 3. The largest absolute Gasteiger partial charge is 0.481 e. The fourth-order valence-electron chi connectivity index (χ4n) is 3.14.